The number of nitrogens with two attached hydrogens (primary N) is 1. The predicted molar refractivity (Wildman–Crippen MR) is 63.2 cm³/mol. The Balaban J connectivity index is 2.29. The number of imidazole rings is 1. The van der Waals surface area contributed by atoms with E-state index >= 15 is 0 Å². The lowest BCUT2D eigenvalue weighted by molar-refractivity contribution is 0.570. The zero-order valence-corrected chi connectivity index (χ0v) is 9.14. The van der Waals surface area contributed by atoms with Crippen LogP contribution < -0.4 is 5.73 Å². The second kappa shape index (κ2) is 3.76. The van der Waals surface area contributed by atoms with Crippen molar-refractivity contribution in [2.75, 3.05) is 5.73 Å². The van der Waals surface area contributed by atoms with Gasteiger partial charge in [-0.3, -0.25) is 4.57 Å². The van der Waals surface area contributed by atoms with Gasteiger partial charge in [0.2, 0.25) is 0 Å². The standard InChI is InChI=1S/C12H8F2N4/c13-7-5-8(14)12(17-11(7)15)18-6-16-9-3-1-2-4-10(9)18/h1-6H,(H2,15,17). The monoisotopic (exact) mass is 246 g/mol. The van der Waals surface area contributed by atoms with E-state index in [0.717, 1.165) is 0 Å². The minimum Gasteiger partial charge on any atom is -0.381 e. The molecule has 0 unspecified atom stereocenters. The Morgan fingerprint density at radius 3 is 2.72 bits per heavy atom. The van der Waals surface area contributed by atoms with E-state index in [9.17, 15) is 8.78 Å². The van der Waals surface area contributed by atoms with Gasteiger partial charge in [0.1, 0.15) is 6.33 Å². The first-order valence-corrected chi connectivity index (χ1v) is 5.21. The minimum atomic E-state index is -0.874. The molecule has 3 aromatic rings. The molecule has 0 radical (unpaired) electrons. The SMILES string of the molecule is Nc1nc(-n2cnc3ccccc32)c(F)cc1F. The van der Waals surface area contributed by atoms with Crippen LogP contribution in [0.3, 0.4) is 0 Å². The lowest BCUT2D eigenvalue weighted by atomic mass is 10.3. The molecule has 1 aromatic carbocycles. The summed E-state index contributed by atoms with van der Waals surface area (Å²) in [5.41, 5.74) is 6.72. The number of benzene rings is 1. The second-order valence-electron chi connectivity index (χ2n) is 3.76. The highest BCUT2D eigenvalue weighted by Gasteiger charge is 2.13. The number of rotatable bonds is 1. The molecule has 0 aliphatic heterocycles. The van der Waals surface area contributed by atoms with Crippen LogP contribution in [0.4, 0.5) is 14.6 Å². The van der Waals surface area contributed by atoms with Crippen molar-refractivity contribution in [1.82, 2.24) is 14.5 Å². The van der Waals surface area contributed by atoms with E-state index in [1.54, 1.807) is 18.2 Å². The van der Waals surface area contributed by atoms with E-state index in [1.807, 2.05) is 6.07 Å². The average Bonchev–Trinajstić information content (AvgIpc) is 2.78. The molecule has 0 bridgehead atoms. The smallest absolute Gasteiger partial charge is 0.177 e. The fraction of sp³-hybridized carbons (Fsp3) is 0. The van der Waals surface area contributed by atoms with Gasteiger partial charge in [-0.1, -0.05) is 12.1 Å². The minimum absolute atomic E-state index is 0.0670. The van der Waals surface area contributed by atoms with Crippen molar-refractivity contribution < 1.29 is 8.78 Å². The summed E-state index contributed by atoms with van der Waals surface area (Å²) in [5, 5.41) is 0. The van der Waals surface area contributed by atoms with Crippen molar-refractivity contribution in [1.29, 1.82) is 0 Å². The fourth-order valence-electron chi connectivity index (χ4n) is 1.77. The van der Waals surface area contributed by atoms with E-state index in [2.05, 4.69) is 9.97 Å². The number of nitrogens with zero attached hydrogens (tertiary/aromatic N) is 3. The summed E-state index contributed by atoms with van der Waals surface area (Å²) in [6, 6.07) is 7.89. The van der Waals surface area contributed by atoms with Gasteiger partial charge in [0.05, 0.1) is 11.0 Å². The van der Waals surface area contributed by atoms with Crippen molar-refractivity contribution in [3.63, 3.8) is 0 Å². The number of pyridine rings is 1. The summed E-state index contributed by atoms with van der Waals surface area (Å²) in [6.45, 7) is 0. The topological polar surface area (TPSA) is 56.7 Å². The van der Waals surface area contributed by atoms with E-state index < -0.39 is 11.6 Å². The highest BCUT2D eigenvalue weighted by Crippen LogP contribution is 2.21. The van der Waals surface area contributed by atoms with Gasteiger partial charge in [0, 0.05) is 6.07 Å². The zero-order valence-electron chi connectivity index (χ0n) is 9.14. The molecule has 2 heterocycles. The van der Waals surface area contributed by atoms with Crippen LogP contribution in [0.2, 0.25) is 0 Å². The first-order chi connectivity index (χ1) is 8.66. The third kappa shape index (κ3) is 1.50. The normalized spacial score (nSPS) is 11.0. The Morgan fingerprint density at radius 1 is 1.11 bits per heavy atom. The first kappa shape index (κ1) is 10.6. The Kier molecular flexibility index (Phi) is 2.22. The van der Waals surface area contributed by atoms with Gasteiger partial charge < -0.3 is 5.73 Å². The molecule has 0 aliphatic rings. The lowest BCUT2D eigenvalue weighted by Gasteiger charge is -2.06. The Morgan fingerprint density at radius 2 is 1.89 bits per heavy atom. The zero-order chi connectivity index (χ0) is 12.7. The number of halogens is 2. The maximum atomic E-state index is 13.7. The van der Waals surface area contributed by atoms with Crippen molar-refractivity contribution >= 4 is 16.9 Å². The molecule has 6 heteroatoms. The van der Waals surface area contributed by atoms with Crippen LogP contribution in [0.25, 0.3) is 16.9 Å². The predicted octanol–water partition coefficient (Wildman–Crippen LogP) is 2.28. The molecule has 3 rings (SSSR count). The van der Waals surface area contributed by atoms with Crippen LogP contribution in [0.1, 0.15) is 0 Å². The van der Waals surface area contributed by atoms with Gasteiger partial charge in [0.25, 0.3) is 0 Å². The molecule has 0 saturated carbocycles. The number of nitrogen functional groups attached to an aromatic ring is 1. The summed E-state index contributed by atoms with van der Waals surface area (Å²) < 4.78 is 28.2. The third-order valence-corrected chi connectivity index (χ3v) is 2.62. The Labute approximate surface area is 101 Å². The summed E-state index contributed by atoms with van der Waals surface area (Å²) in [6.07, 6.45) is 1.42. The molecule has 2 aromatic heterocycles. The molecule has 90 valence electrons. The Bertz CT molecular complexity index is 736. The highest BCUT2D eigenvalue weighted by atomic mass is 19.1. The lowest BCUT2D eigenvalue weighted by Crippen LogP contribution is -2.05. The van der Waals surface area contributed by atoms with Crippen molar-refractivity contribution in [3.8, 4) is 5.82 Å². The van der Waals surface area contributed by atoms with E-state index in [0.29, 0.717) is 17.1 Å². The highest BCUT2D eigenvalue weighted by molar-refractivity contribution is 5.76. The van der Waals surface area contributed by atoms with Gasteiger partial charge in [-0.15, -0.1) is 0 Å². The summed E-state index contributed by atoms with van der Waals surface area (Å²) in [7, 11) is 0. The van der Waals surface area contributed by atoms with E-state index in [4.69, 9.17) is 5.73 Å². The quantitative estimate of drug-likeness (QED) is 0.716. The molecule has 0 fully saturated rings. The van der Waals surface area contributed by atoms with E-state index in [-0.39, 0.29) is 11.6 Å². The summed E-state index contributed by atoms with van der Waals surface area (Å²) in [5.74, 6) is -2.07. The van der Waals surface area contributed by atoms with Crippen LogP contribution in [-0.4, -0.2) is 14.5 Å². The van der Waals surface area contributed by atoms with Crippen LogP contribution >= 0.6 is 0 Å². The van der Waals surface area contributed by atoms with Crippen LogP contribution in [0, 0.1) is 11.6 Å². The van der Waals surface area contributed by atoms with E-state index in [1.165, 1.54) is 10.9 Å². The molecule has 0 aliphatic carbocycles. The number of para-hydroxylation sites is 2. The third-order valence-electron chi connectivity index (χ3n) is 2.62. The first-order valence-electron chi connectivity index (χ1n) is 5.21. The summed E-state index contributed by atoms with van der Waals surface area (Å²) >= 11 is 0. The van der Waals surface area contributed by atoms with Gasteiger partial charge in [-0.25, -0.2) is 18.7 Å². The maximum Gasteiger partial charge on any atom is 0.177 e. The second-order valence-corrected chi connectivity index (χ2v) is 3.76. The number of aromatic nitrogens is 3. The molecule has 0 amide bonds. The molecule has 0 spiro atoms. The van der Waals surface area contributed by atoms with Gasteiger partial charge in [-0.2, -0.15) is 0 Å². The van der Waals surface area contributed by atoms with Crippen molar-refractivity contribution in [2.24, 2.45) is 0 Å². The summed E-state index contributed by atoms with van der Waals surface area (Å²) in [4.78, 5) is 7.83. The number of hydrogen-bond donors (Lipinski definition) is 1. The largest absolute Gasteiger partial charge is 0.381 e. The molecule has 18 heavy (non-hydrogen) atoms. The average molecular weight is 246 g/mol. The number of fused-ring (bicyclic) bond motifs is 1. The molecule has 0 atom stereocenters. The molecular formula is C12H8F2N4. The molecular weight excluding hydrogens is 238 g/mol. The maximum absolute atomic E-state index is 13.7. The van der Waals surface area contributed by atoms with Gasteiger partial charge in [0.15, 0.2) is 23.3 Å². The number of anilines is 1. The van der Waals surface area contributed by atoms with Gasteiger partial charge in [-0.05, 0) is 12.1 Å². The van der Waals surface area contributed by atoms with Gasteiger partial charge >= 0.3 is 0 Å². The Hall–Kier alpha value is -2.50. The molecule has 2 N–H and O–H groups in total. The fourth-order valence-corrected chi connectivity index (χ4v) is 1.77. The van der Waals surface area contributed by atoms with Crippen molar-refractivity contribution in [3.05, 3.63) is 48.3 Å². The number of hydrogen-bond acceptors (Lipinski definition) is 3. The van der Waals surface area contributed by atoms with Crippen molar-refractivity contribution in [2.45, 2.75) is 0 Å². The molecule has 0 saturated heterocycles. The molecule has 4 nitrogen and oxygen atoms in total. The van der Waals surface area contributed by atoms with Crippen LogP contribution in [-0.2, 0) is 0 Å². The van der Waals surface area contributed by atoms with Crippen LogP contribution in [0.15, 0.2) is 36.7 Å². The van der Waals surface area contributed by atoms with Crippen LogP contribution in [0.5, 0.6) is 0 Å².